The first kappa shape index (κ1) is 17.5. The second-order valence-corrected chi connectivity index (χ2v) is 7.62. The van der Waals surface area contributed by atoms with E-state index < -0.39 is 6.04 Å². The van der Waals surface area contributed by atoms with Crippen molar-refractivity contribution in [1.82, 2.24) is 10.2 Å². The van der Waals surface area contributed by atoms with Gasteiger partial charge in [-0.25, -0.2) is 0 Å². The van der Waals surface area contributed by atoms with Crippen LogP contribution in [0.3, 0.4) is 0 Å². The molecule has 0 fully saturated rings. The second-order valence-electron chi connectivity index (χ2n) is 6.64. The zero-order valence-electron chi connectivity index (χ0n) is 14.9. The highest BCUT2D eigenvalue weighted by molar-refractivity contribution is 7.10. The van der Waals surface area contributed by atoms with Gasteiger partial charge in [-0.3, -0.25) is 9.59 Å². The molecule has 3 aromatic rings. The van der Waals surface area contributed by atoms with E-state index in [1.54, 1.807) is 28.4 Å². The molecule has 2 atom stereocenters. The molecule has 1 aromatic carbocycles. The van der Waals surface area contributed by atoms with Crippen molar-refractivity contribution in [3.8, 4) is 0 Å². The SMILES string of the molecule is CC(NC(=O)C1Cc2ccccc2CN1C(=O)c1ccco1)c1cccs1. The Morgan fingerprint density at radius 3 is 2.67 bits per heavy atom. The van der Waals surface area contributed by atoms with Crippen molar-refractivity contribution in [3.05, 3.63) is 81.9 Å². The third kappa shape index (κ3) is 3.53. The van der Waals surface area contributed by atoms with Gasteiger partial charge < -0.3 is 14.6 Å². The molecule has 27 heavy (non-hydrogen) atoms. The Kier molecular flexibility index (Phi) is 4.81. The average molecular weight is 380 g/mol. The monoisotopic (exact) mass is 380 g/mol. The van der Waals surface area contributed by atoms with Crippen LogP contribution in [-0.2, 0) is 17.8 Å². The summed E-state index contributed by atoms with van der Waals surface area (Å²) < 4.78 is 5.28. The maximum Gasteiger partial charge on any atom is 0.290 e. The van der Waals surface area contributed by atoms with Crippen molar-refractivity contribution < 1.29 is 14.0 Å². The van der Waals surface area contributed by atoms with E-state index in [-0.39, 0.29) is 23.6 Å². The van der Waals surface area contributed by atoms with Gasteiger partial charge in [0.2, 0.25) is 5.91 Å². The Hall–Kier alpha value is -2.86. The van der Waals surface area contributed by atoms with E-state index in [0.717, 1.165) is 16.0 Å². The van der Waals surface area contributed by atoms with Gasteiger partial charge >= 0.3 is 0 Å². The van der Waals surface area contributed by atoms with Gasteiger partial charge in [-0.1, -0.05) is 30.3 Å². The van der Waals surface area contributed by atoms with Crippen molar-refractivity contribution >= 4 is 23.2 Å². The highest BCUT2D eigenvalue weighted by Crippen LogP contribution is 2.26. The lowest BCUT2D eigenvalue weighted by Gasteiger charge is -2.36. The maximum atomic E-state index is 13.1. The first-order valence-electron chi connectivity index (χ1n) is 8.88. The van der Waals surface area contributed by atoms with Gasteiger partial charge in [-0.05, 0) is 41.6 Å². The molecule has 0 aliphatic carbocycles. The molecule has 0 spiro atoms. The minimum atomic E-state index is -0.570. The Bertz CT molecular complexity index is 934. The van der Waals surface area contributed by atoms with E-state index in [2.05, 4.69) is 5.32 Å². The van der Waals surface area contributed by atoms with Gasteiger partial charge in [0.1, 0.15) is 6.04 Å². The van der Waals surface area contributed by atoms with E-state index in [1.165, 1.54) is 6.26 Å². The van der Waals surface area contributed by atoms with Gasteiger partial charge in [-0.15, -0.1) is 11.3 Å². The topological polar surface area (TPSA) is 62.6 Å². The van der Waals surface area contributed by atoms with Crippen LogP contribution in [-0.4, -0.2) is 22.8 Å². The molecule has 4 rings (SSSR count). The quantitative estimate of drug-likeness (QED) is 0.749. The van der Waals surface area contributed by atoms with Crippen molar-refractivity contribution in [2.45, 2.75) is 32.0 Å². The minimum absolute atomic E-state index is 0.102. The third-order valence-corrected chi connectivity index (χ3v) is 5.93. The normalized spacial score (nSPS) is 17.2. The number of benzene rings is 1. The number of furan rings is 1. The molecule has 0 saturated carbocycles. The minimum Gasteiger partial charge on any atom is -0.459 e. The predicted molar refractivity (Wildman–Crippen MR) is 103 cm³/mol. The van der Waals surface area contributed by atoms with Gasteiger partial charge in [-0.2, -0.15) is 0 Å². The van der Waals surface area contributed by atoms with Crippen LogP contribution in [0.5, 0.6) is 0 Å². The van der Waals surface area contributed by atoms with Crippen LogP contribution in [0, 0.1) is 0 Å². The Morgan fingerprint density at radius 1 is 1.15 bits per heavy atom. The van der Waals surface area contributed by atoms with E-state index in [9.17, 15) is 9.59 Å². The van der Waals surface area contributed by atoms with Crippen LogP contribution in [0.4, 0.5) is 0 Å². The molecule has 1 aliphatic heterocycles. The van der Waals surface area contributed by atoms with Gasteiger partial charge in [0.15, 0.2) is 5.76 Å². The standard InChI is InChI=1S/C21H20N2O3S/c1-14(19-9-5-11-27-19)22-20(24)17-12-15-6-2-3-7-16(15)13-23(17)21(25)18-8-4-10-26-18/h2-11,14,17H,12-13H2,1H3,(H,22,24). The molecule has 2 unspecified atom stereocenters. The zero-order chi connectivity index (χ0) is 18.8. The number of nitrogens with one attached hydrogen (secondary N) is 1. The van der Waals surface area contributed by atoms with Crippen molar-refractivity contribution in [2.75, 3.05) is 0 Å². The van der Waals surface area contributed by atoms with Crippen molar-refractivity contribution in [1.29, 1.82) is 0 Å². The molecule has 1 N–H and O–H groups in total. The van der Waals surface area contributed by atoms with Crippen LogP contribution < -0.4 is 5.32 Å². The highest BCUT2D eigenvalue weighted by atomic mass is 32.1. The van der Waals surface area contributed by atoms with Gasteiger partial charge in [0, 0.05) is 17.8 Å². The van der Waals surface area contributed by atoms with Crippen LogP contribution in [0.2, 0.25) is 0 Å². The highest BCUT2D eigenvalue weighted by Gasteiger charge is 2.36. The first-order chi connectivity index (χ1) is 13.1. The molecule has 138 valence electrons. The Balaban J connectivity index is 1.60. The largest absolute Gasteiger partial charge is 0.459 e. The van der Waals surface area contributed by atoms with E-state index in [4.69, 9.17) is 4.42 Å². The molecule has 1 aliphatic rings. The Morgan fingerprint density at radius 2 is 1.96 bits per heavy atom. The van der Waals surface area contributed by atoms with Crippen molar-refractivity contribution in [3.63, 3.8) is 0 Å². The summed E-state index contributed by atoms with van der Waals surface area (Å²) in [5, 5.41) is 5.05. The molecular formula is C21H20N2O3S. The molecule has 3 heterocycles. The van der Waals surface area contributed by atoms with Crippen LogP contribution in [0.25, 0.3) is 0 Å². The molecule has 2 amide bonds. The molecular weight excluding hydrogens is 360 g/mol. The number of amides is 2. The molecule has 5 nitrogen and oxygen atoms in total. The molecule has 2 aromatic heterocycles. The van der Waals surface area contributed by atoms with E-state index in [0.29, 0.717) is 13.0 Å². The number of fused-ring (bicyclic) bond motifs is 1. The van der Waals surface area contributed by atoms with Crippen LogP contribution in [0.1, 0.15) is 39.5 Å². The summed E-state index contributed by atoms with van der Waals surface area (Å²) in [5.41, 5.74) is 2.16. The van der Waals surface area contributed by atoms with E-state index >= 15 is 0 Å². The fourth-order valence-electron chi connectivity index (χ4n) is 3.43. The predicted octanol–water partition coefficient (Wildman–Crippen LogP) is 3.79. The van der Waals surface area contributed by atoms with Crippen LogP contribution in [0.15, 0.2) is 64.6 Å². The number of hydrogen-bond donors (Lipinski definition) is 1. The summed E-state index contributed by atoms with van der Waals surface area (Å²) in [5.74, 6) is -0.165. The number of hydrogen-bond acceptors (Lipinski definition) is 4. The summed E-state index contributed by atoms with van der Waals surface area (Å²) >= 11 is 1.60. The average Bonchev–Trinajstić information content (AvgIpc) is 3.40. The maximum absolute atomic E-state index is 13.1. The molecule has 0 bridgehead atoms. The number of nitrogens with zero attached hydrogens (tertiary/aromatic N) is 1. The van der Waals surface area contributed by atoms with Gasteiger partial charge in [0.25, 0.3) is 5.91 Å². The van der Waals surface area contributed by atoms with Crippen LogP contribution >= 0.6 is 11.3 Å². The smallest absolute Gasteiger partial charge is 0.290 e. The number of thiophene rings is 1. The first-order valence-corrected chi connectivity index (χ1v) is 9.76. The lowest BCUT2D eigenvalue weighted by molar-refractivity contribution is -0.126. The molecule has 6 heteroatoms. The van der Waals surface area contributed by atoms with E-state index in [1.807, 2.05) is 48.7 Å². The molecule has 0 saturated heterocycles. The zero-order valence-corrected chi connectivity index (χ0v) is 15.7. The fraction of sp³-hybridized carbons (Fsp3) is 0.238. The molecule has 0 radical (unpaired) electrons. The van der Waals surface area contributed by atoms with Gasteiger partial charge in [0.05, 0.1) is 12.3 Å². The number of carbonyl (C=O) groups excluding carboxylic acids is 2. The number of rotatable bonds is 4. The number of carbonyl (C=O) groups is 2. The van der Waals surface area contributed by atoms with Crippen molar-refractivity contribution in [2.24, 2.45) is 0 Å². The Labute approximate surface area is 161 Å². The summed E-state index contributed by atoms with van der Waals surface area (Å²) in [6, 6.07) is 14.5. The second kappa shape index (κ2) is 7.40. The lowest BCUT2D eigenvalue weighted by atomic mass is 9.93. The lowest BCUT2D eigenvalue weighted by Crippen LogP contribution is -2.52. The summed E-state index contributed by atoms with van der Waals surface area (Å²) in [7, 11) is 0. The third-order valence-electron chi connectivity index (χ3n) is 4.87. The summed E-state index contributed by atoms with van der Waals surface area (Å²) in [6.45, 7) is 2.35. The summed E-state index contributed by atoms with van der Waals surface area (Å²) in [4.78, 5) is 28.7. The summed E-state index contributed by atoms with van der Waals surface area (Å²) in [6.07, 6.45) is 1.96. The fourth-order valence-corrected chi connectivity index (χ4v) is 4.17.